The van der Waals surface area contributed by atoms with Crippen LogP contribution < -0.4 is 0 Å². The quantitative estimate of drug-likeness (QED) is 0.0262. The van der Waals surface area contributed by atoms with E-state index < -0.39 is 6.10 Å². The normalized spacial score (nSPS) is 12.9. The molecule has 0 aromatic heterocycles. The molecule has 0 unspecified atom stereocenters. The minimum absolute atomic E-state index is 0.103. The minimum atomic E-state index is -0.808. The Kier molecular flexibility index (Phi) is 51.5. The molecule has 0 spiro atoms. The summed E-state index contributed by atoms with van der Waals surface area (Å²) in [5.41, 5.74) is 0. The average molecular weight is 929 g/mol. The molecule has 0 heterocycles. The van der Waals surface area contributed by atoms with Gasteiger partial charge in [-0.15, -0.1) is 0 Å². The molecular weight excluding hydrogens is 829 g/mol. The van der Waals surface area contributed by atoms with E-state index in [0.717, 1.165) is 148 Å². The maximum absolute atomic E-state index is 12.8. The van der Waals surface area contributed by atoms with Gasteiger partial charge in [0.1, 0.15) is 13.2 Å². The lowest BCUT2D eigenvalue weighted by molar-refractivity contribution is -0.167. The Morgan fingerprint density at radius 1 is 0.313 bits per heavy atom. The van der Waals surface area contributed by atoms with Crippen LogP contribution in [0.1, 0.15) is 239 Å². The van der Waals surface area contributed by atoms with Gasteiger partial charge in [-0.1, -0.05) is 207 Å². The Labute approximate surface area is 412 Å². The predicted molar refractivity (Wildman–Crippen MR) is 288 cm³/mol. The fourth-order valence-corrected chi connectivity index (χ4v) is 7.18. The Morgan fingerprint density at radius 3 is 0.940 bits per heavy atom. The van der Waals surface area contributed by atoms with Crippen molar-refractivity contribution < 1.29 is 28.6 Å². The Hall–Kier alpha value is -3.93. The zero-order valence-electron chi connectivity index (χ0n) is 43.4. The third-order valence-electron chi connectivity index (χ3n) is 11.2. The van der Waals surface area contributed by atoms with Gasteiger partial charge in [0.05, 0.1) is 0 Å². The van der Waals surface area contributed by atoms with Crippen molar-refractivity contribution in [2.45, 2.75) is 245 Å². The second kappa shape index (κ2) is 54.7. The highest BCUT2D eigenvalue weighted by Gasteiger charge is 2.19. The number of carbonyl (C=O) groups excluding carboxylic acids is 3. The molecule has 0 bridgehead atoms. The van der Waals surface area contributed by atoms with E-state index in [1.54, 1.807) is 0 Å². The van der Waals surface area contributed by atoms with Gasteiger partial charge in [0.25, 0.3) is 0 Å². The molecule has 0 aliphatic heterocycles. The molecule has 0 aromatic rings. The highest BCUT2D eigenvalue weighted by molar-refractivity contribution is 5.71. The van der Waals surface area contributed by atoms with Gasteiger partial charge in [-0.2, -0.15) is 0 Å². The number of hydrogen-bond donors (Lipinski definition) is 0. The van der Waals surface area contributed by atoms with Crippen LogP contribution in [-0.4, -0.2) is 37.2 Å². The maximum atomic E-state index is 12.8. The molecule has 0 radical (unpaired) electrons. The van der Waals surface area contributed by atoms with Gasteiger partial charge in [-0.3, -0.25) is 14.4 Å². The number of allylic oxidation sites excluding steroid dienone is 18. The molecular formula is C61H100O6. The van der Waals surface area contributed by atoms with E-state index >= 15 is 0 Å². The molecule has 1 atom stereocenters. The Morgan fingerprint density at radius 2 is 0.582 bits per heavy atom. The first kappa shape index (κ1) is 63.1. The van der Waals surface area contributed by atoms with E-state index in [4.69, 9.17) is 14.2 Å². The van der Waals surface area contributed by atoms with E-state index in [0.29, 0.717) is 12.8 Å². The van der Waals surface area contributed by atoms with Crippen LogP contribution in [0, 0.1) is 0 Å². The molecule has 0 aliphatic rings. The van der Waals surface area contributed by atoms with E-state index in [-0.39, 0.29) is 37.5 Å². The first-order chi connectivity index (χ1) is 33.0. The van der Waals surface area contributed by atoms with Crippen molar-refractivity contribution in [3.63, 3.8) is 0 Å². The monoisotopic (exact) mass is 929 g/mol. The van der Waals surface area contributed by atoms with Gasteiger partial charge in [0, 0.05) is 19.3 Å². The molecule has 6 nitrogen and oxygen atoms in total. The second-order valence-electron chi connectivity index (χ2n) is 17.7. The van der Waals surface area contributed by atoms with E-state index in [1.165, 1.54) is 51.4 Å². The van der Waals surface area contributed by atoms with Crippen molar-refractivity contribution in [3.8, 4) is 0 Å². The fourth-order valence-electron chi connectivity index (χ4n) is 7.18. The second-order valence-corrected chi connectivity index (χ2v) is 17.7. The van der Waals surface area contributed by atoms with Crippen molar-refractivity contribution in [2.75, 3.05) is 13.2 Å². The first-order valence-corrected chi connectivity index (χ1v) is 27.4. The van der Waals surface area contributed by atoms with Crippen molar-refractivity contribution in [3.05, 3.63) is 109 Å². The lowest BCUT2D eigenvalue weighted by Gasteiger charge is -2.18. The topological polar surface area (TPSA) is 78.9 Å². The van der Waals surface area contributed by atoms with Gasteiger partial charge in [-0.05, 0) is 122 Å². The van der Waals surface area contributed by atoms with E-state index in [1.807, 2.05) is 0 Å². The van der Waals surface area contributed by atoms with Gasteiger partial charge in [-0.25, -0.2) is 0 Å². The molecule has 0 saturated heterocycles. The van der Waals surface area contributed by atoms with Crippen molar-refractivity contribution in [2.24, 2.45) is 0 Å². The third-order valence-corrected chi connectivity index (χ3v) is 11.2. The SMILES string of the molecule is CC/C=C\C/C=C\C/C=C\C/C=C\C/C=C\CCCCCC(=O)O[C@H](COC(=O)CCCCCCC/C=C\C/C=C\C/C=C\CC)COC(=O)CCCCCCC/C=C\CCCCCCCC. The van der Waals surface area contributed by atoms with Crippen molar-refractivity contribution in [1.82, 2.24) is 0 Å². The van der Waals surface area contributed by atoms with Crippen LogP contribution in [0.5, 0.6) is 0 Å². The molecule has 0 aliphatic carbocycles. The van der Waals surface area contributed by atoms with Crippen LogP contribution in [0.15, 0.2) is 109 Å². The Bertz CT molecular complexity index is 1390. The summed E-state index contributed by atoms with van der Waals surface area (Å²) >= 11 is 0. The first-order valence-electron chi connectivity index (χ1n) is 27.4. The van der Waals surface area contributed by atoms with Crippen LogP contribution in [0.4, 0.5) is 0 Å². The Balaban J connectivity index is 4.51. The lowest BCUT2D eigenvalue weighted by Crippen LogP contribution is -2.30. The lowest BCUT2D eigenvalue weighted by atomic mass is 10.1. The summed E-state index contributed by atoms with van der Waals surface area (Å²) < 4.78 is 16.8. The summed E-state index contributed by atoms with van der Waals surface area (Å²) in [7, 11) is 0. The van der Waals surface area contributed by atoms with Gasteiger partial charge < -0.3 is 14.2 Å². The molecule has 0 N–H and O–H groups in total. The van der Waals surface area contributed by atoms with Crippen molar-refractivity contribution in [1.29, 1.82) is 0 Å². The number of carbonyl (C=O) groups is 3. The number of unbranched alkanes of at least 4 members (excludes halogenated alkanes) is 19. The summed E-state index contributed by atoms with van der Waals surface area (Å²) in [6.07, 6.45) is 73.6. The predicted octanol–water partition coefficient (Wildman–Crippen LogP) is 18.3. The summed E-state index contributed by atoms with van der Waals surface area (Å²) in [6, 6.07) is 0. The zero-order valence-corrected chi connectivity index (χ0v) is 43.4. The summed E-state index contributed by atoms with van der Waals surface area (Å²) in [5.74, 6) is -0.963. The molecule has 6 heteroatoms. The number of esters is 3. The molecule has 67 heavy (non-hydrogen) atoms. The molecule has 0 fully saturated rings. The van der Waals surface area contributed by atoms with Gasteiger partial charge in [0.15, 0.2) is 6.10 Å². The number of hydrogen-bond acceptors (Lipinski definition) is 6. The van der Waals surface area contributed by atoms with Crippen LogP contribution in [0.3, 0.4) is 0 Å². The standard InChI is InChI=1S/C61H100O6/c1-4-7-10-13-16-19-22-25-28-29-30-31-34-37-40-43-46-49-52-55-61(64)67-58(56-65-59(62)53-50-47-44-41-38-35-32-26-23-20-17-14-11-8-5-2)57-66-60(63)54-51-48-45-42-39-36-33-27-24-21-18-15-12-9-6-3/h7-8,10-11,16-17,19-20,25-28,30-33,37,40,58H,4-6,9,12-15,18,21-24,29,34-36,38-39,41-57H2,1-3H3/b10-7-,11-8-,19-16-,20-17-,28-25-,31-30-,32-26-,33-27-,40-37-/t58-/m1/s1. The average Bonchev–Trinajstić information content (AvgIpc) is 3.33. The van der Waals surface area contributed by atoms with Gasteiger partial charge >= 0.3 is 17.9 Å². The maximum Gasteiger partial charge on any atom is 0.306 e. The van der Waals surface area contributed by atoms with Crippen LogP contribution in [0.2, 0.25) is 0 Å². The number of rotatable bonds is 48. The molecule has 0 saturated carbocycles. The number of ether oxygens (including phenoxy) is 3. The van der Waals surface area contributed by atoms with Crippen LogP contribution >= 0.6 is 0 Å². The van der Waals surface area contributed by atoms with Crippen molar-refractivity contribution >= 4 is 17.9 Å². The van der Waals surface area contributed by atoms with Crippen LogP contribution in [-0.2, 0) is 28.6 Å². The largest absolute Gasteiger partial charge is 0.462 e. The fraction of sp³-hybridized carbons (Fsp3) is 0.656. The zero-order chi connectivity index (χ0) is 48.6. The summed E-state index contributed by atoms with van der Waals surface area (Å²) in [6.45, 7) is 6.35. The minimum Gasteiger partial charge on any atom is -0.462 e. The van der Waals surface area contributed by atoms with E-state index in [2.05, 4.69) is 130 Å². The molecule has 0 aromatic carbocycles. The van der Waals surface area contributed by atoms with E-state index in [9.17, 15) is 14.4 Å². The molecule has 380 valence electrons. The smallest absolute Gasteiger partial charge is 0.306 e. The summed E-state index contributed by atoms with van der Waals surface area (Å²) in [4.78, 5) is 38.1. The molecule has 0 amide bonds. The highest BCUT2D eigenvalue weighted by atomic mass is 16.6. The third kappa shape index (κ3) is 52.9. The summed E-state index contributed by atoms with van der Waals surface area (Å²) in [5, 5.41) is 0. The highest BCUT2D eigenvalue weighted by Crippen LogP contribution is 2.13. The van der Waals surface area contributed by atoms with Gasteiger partial charge in [0.2, 0.25) is 0 Å². The van der Waals surface area contributed by atoms with Crippen LogP contribution in [0.25, 0.3) is 0 Å². The molecule has 0 rings (SSSR count).